The highest BCUT2D eigenvalue weighted by Gasteiger charge is 2.13. The largest absolute Gasteiger partial charge is 0.452 e. The molecule has 0 saturated heterocycles. The molecule has 0 aromatic heterocycles. The van der Waals surface area contributed by atoms with Gasteiger partial charge in [0.15, 0.2) is 17.3 Å². The van der Waals surface area contributed by atoms with E-state index in [4.69, 9.17) is 22.1 Å². The number of nitrogens with two attached hydrogens (primary N) is 1. The van der Waals surface area contributed by atoms with E-state index in [0.29, 0.717) is 10.6 Å². The summed E-state index contributed by atoms with van der Waals surface area (Å²) in [6, 6.07) is 8.69. The fourth-order valence-corrected chi connectivity index (χ4v) is 1.73. The lowest BCUT2D eigenvalue weighted by Gasteiger charge is -2.12. The summed E-state index contributed by atoms with van der Waals surface area (Å²) in [5, 5.41) is 0.293. The summed E-state index contributed by atoms with van der Waals surface area (Å²) in [5.74, 6) is -2.02. The monoisotopic (exact) mass is 269 g/mol. The number of benzene rings is 2. The Morgan fingerprint density at radius 3 is 2.56 bits per heavy atom. The molecule has 0 atom stereocenters. The number of rotatable bonds is 3. The topological polar surface area (TPSA) is 35.2 Å². The first-order chi connectivity index (χ1) is 8.63. The summed E-state index contributed by atoms with van der Waals surface area (Å²) >= 11 is 5.95. The van der Waals surface area contributed by atoms with Crippen molar-refractivity contribution in [3.63, 3.8) is 0 Å². The van der Waals surface area contributed by atoms with Gasteiger partial charge in [0, 0.05) is 12.1 Å². The Hall–Kier alpha value is -1.65. The molecule has 2 rings (SSSR count). The van der Waals surface area contributed by atoms with Crippen LogP contribution in [-0.2, 0) is 6.54 Å². The fourth-order valence-electron chi connectivity index (χ4n) is 1.50. The van der Waals surface area contributed by atoms with E-state index in [1.807, 2.05) is 0 Å². The SMILES string of the molecule is NCc1cccc(Cl)c1Oc1cccc(F)c1F. The number of halogens is 3. The van der Waals surface area contributed by atoms with Crippen LogP contribution >= 0.6 is 11.6 Å². The third-order valence-corrected chi connectivity index (χ3v) is 2.69. The predicted octanol–water partition coefficient (Wildman–Crippen LogP) is 3.87. The molecule has 0 unspecified atom stereocenters. The van der Waals surface area contributed by atoms with Gasteiger partial charge >= 0.3 is 0 Å². The van der Waals surface area contributed by atoms with E-state index >= 15 is 0 Å². The molecule has 2 aromatic carbocycles. The molecule has 0 bridgehead atoms. The van der Waals surface area contributed by atoms with Crippen LogP contribution in [0.5, 0.6) is 11.5 Å². The van der Waals surface area contributed by atoms with Crippen LogP contribution in [0, 0.1) is 11.6 Å². The molecule has 18 heavy (non-hydrogen) atoms. The highest BCUT2D eigenvalue weighted by atomic mass is 35.5. The number of ether oxygens (including phenoxy) is 1. The van der Waals surface area contributed by atoms with Gasteiger partial charge in [-0.15, -0.1) is 0 Å². The van der Waals surface area contributed by atoms with E-state index in [9.17, 15) is 8.78 Å². The maximum Gasteiger partial charge on any atom is 0.201 e. The molecule has 0 radical (unpaired) electrons. The minimum Gasteiger partial charge on any atom is -0.452 e. The Labute approximate surface area is 108 Å². The van der Waals surface area contributed by atoms with E-state index in [0.717, 1.165) is 6.07 Å². The lowest BCUT2D eigenvalue weighted by atomic mass is 10.2. The summed E-state index contributed by atoms with van der Waals surface area (Å²) in [6.07, 6.45) is 0. The lowest BCUT2D eigenvalue weighted by Crippen LogP contribution is -2.01. The van der Waals surface area contributed by atoms with Crippen molar-refractivity contribution in [2.24, 2.45) is 5.73 Å². The third-order valence-electron chi connectivity index (χ3n) is 2.40. The number of hydrogen-bond donors (Lipinski definition) is 1. The molecular formula is C13H10ClF2NO. The second-order valence-corrected chi connectivity index (χ2v) is 3.99. The molecule has 0 aliphatic heterocycles. The summed E-state index contributed by atoms with van der Waals surface area (Å²) in [5.41, 5.74) is 6.15. The minimum atomic E-state index is -1.06. The average molecular weight is 270 g/mol. The van der Waals surface area contributed by atoms with Crippen LogP contribution in [0.1, 0.15) is 5.56 Å². The Kier molecular flexibility index (Phi) is 3.79. The van der Waals surface area contributed by atoms with Crippen LogP contribution in [0.3, 0.4) is 0 Å². The van der Waals surface area contributed by atoms with Crippen LogP contribution in [0.4, 0.5) is 8.78 Å². The first-order valence-corrected chi connectivity index (χ1v) is 5.60. The van der Waals surface area contributed by atoms with Gasteiger partial charge in [-0.2, -0.15) is 4.39 Å². The van der Waals surface area contributed by atoms with Crippen LogP contribution < -0.4 is 10.5 Å². The number of para-hydroxylation sites is 1. The van der Waals surface area contributed by atoms with Crippen molar-refractivity contribution in [2.45, 2.75) is 6.54 Å². The molecule has 0 spiro atoms. The molecule has 0 saturated carbocycles. The Morgan fingerprint density at radius 2 is 1.83 bits per heavy atom. The minimum absolute atomic E-state index is 0.187. The van der Waals surface area contributed by atoms with E-state index in [1.165, 1.54) is 12.1 Å². The smallest absolute Gasteiger partial charge is 0.201 e. The Morgan fingerprint density at radius 1 is 1.11 bits per heavy atom. The van der Waals surface area contributed by atoms with Gasteiger partial charge in [0.05, 0.1) is 5.02 Å². The van der Waals surface area contributed by atoms with Gasteiger partial charge in [0.25, 0.3) is 0 Å². The van der Waals surface area contributed by atoms with Gasteiger partial charge in [0.1, 0.15) is 0 Å². The first kappa shape index (κ1) is 12.8. The van der Waals surface area contributed by atoms with Crippen LogP contribution in [0.15, 0.2) is 36.4 Å². The van der Waals surface area contributed by atoms with Crippen molar-refractivity contribution in [1.82, 2.24) is 0 Å². The molecule has 2 aromatic rings. The second-order valence-electron chi connectivity index (χ2n) is 3.59. The maximum atomic E-state index is 13.5. The van der Waals surface area contributed by atoms with Gasteiger partial charge in [-0.1, -0.05) is 29.8 Å². The Balaban J connectivity index is 2.43. The van der Waals surface area contributed by atoms with Crippen molar-refractivity contribution in [2.75, 3.05) is 0 Å². The van der Waals surface area contributed by atoms with Crippen LogP contribution in [0.2, 0.25) is 5.02 Å². The first-order valence-electron chi connectivity index (χ1n) is 5.23. The lowest BCUT2D eigenvalue weighted by molar-refractivity contribution is 0.413. The zero-order valence-corrected chi connectivity index (χ0v) is 10.0. The van der Waals surface area contributed by atoms with Gasteiger partial charge in [-0.3, -0.25) is 0 Å². The third kappa shape index (κ3) is 2.44. The molecule has 2 N–H and O–H groups in total. The zero-order chi connectivity index (χ0) is 13.1. The van der Waals surface area contributed by atoms with Crippen molar-refractivity contribution in [3.8, 4) is 11.5 Å². The molecule has 0 aliphatic rings. The molecule has 0 aliphatic carbocycles. The summed E-state index contributed by atoms with van der Waals surface area (Å²) < 4.78 is 31.8. The van der Waals surface area contributed by atoms with Crippen molar-refractivity contribution < 1.29 is 13.5 Å². The van der Waals surface area contributed by atoms with Crippen molar-refractivity contribution >= 4 is 11.6 Å². The van der Waals surface area contributed by atoms with Crippen molar-refractivity contribution in [1.29, 1.82) is 0 Å². The molecule has 0 amide bonds. The molecule has 0 heterocycles. The highest BCUT2D eigenvalue weighted by Crippen LogP contribution is 2.34. The standard InChI is InChI=1S/C13H10ClF2NO/c14-9-4-1-3-8(7-17)13(9)18-11-6-2-5-10(15)12(11)16/h1-6H,7,17H2. The highest BCUT2D eigenvalue weighted by molar-refractivity contribution is 6.32. The normalized spacial score (nSPS) is 10.4. The molecular weight excluding hydrogens is 260 g/mol. The Bertz CT molecular complexity index is 575. The van der Waals surface area contributed by atoms with Crippen molar-refractivity contribution in [3.05, 3.63) is 58.6 Å². The van der Waals surface area contributed by atoms with E-state index in [-0.39, 0.29) is 18.0 Å². The zero-order valence-electron chi connectivity index (χ0n) is 9.29. The average Bonchev–Trinajstić information content (AvgIpc) is 2.37. The van der Waals surface area contributed by atoms with Crippen LogP contribution in [0.25, 0.3) is 0 Å². The van der Waals surface area contributed by atoms with E-state index in [1.54, 1.807) is 18.2 Å². The molecule has 0 fully saturated rings. The fraction of sp³-hybridized carbons (Fsp3) is 0.0769. The summed E-state index contributed by atoms with van der Waals surface area (Å²) in [6.45, 7) is 0.187. The van der Waals surface area contributed by atoms with E-state index in [2.05, 4.69) is 0 Å². The van der Waals surface area contributed by atoms with E-state index < -0.39 is 11.6 Å². The maximum absolute atomic E-state index is 13.5. The predicted molar refractivity (Wildman–Crippen MR) is 65.8 cm³/mol. The second kappa shape index (κ2) is 5.33. The van der Waals surface area contributed by atoms with Crippen LogP contribution in [-0.4, -0.2) is 0 Å². The van der Waals surface area contributed by atoms with Gasteiger partial charge in [0.2, 0.25) is 5.82 Å². The van der Waals surface area contributed by atoms with Gasteiger partial charge in [-0.25, -0.2) is 4.39 Å². The molecule has 2 nitrogen and oxygen atoms in total. The number of hydrogen-bond acceptors (Lipinski definition) is 2. The molecule has 5 heteroatoms. The summed E-state index contributed by atoms with van der Waals surface area (Å²) in [4.78, 5) is 0. The van der Waals surface area contributed by atoms with Gasteiger partial charge < -0.3 is 10.5 Å². The summed E-state index contributed by atoms with van der Waals surface area (Å²) in [7, 11) is 0. The molecule has 94 valence electrons. The van der Waals surface area contributed by atoms with Gasteiger partial charge in [-0.05, 0) is 18.2 Å². The quantitative estimate of drug-likeness (QED) is 0.918.